The van der Waals surface area contributed by atoms with Crippen molar-refractivity contribution in [3.63, 3.8) is 0 Å². The van der Waals surface area contributed by atoms with Crippen LogP contribution in [0.2, 0.25) is 10.0 Å². The second-order valence-corrected chi connectivity index (χ2v) is 5.41. The Balaban J connectivity index is 2.11. The standard InChI is InChI=1S/C16H15Cl2NO/c17-14-6-5-13(15(18)10-14)9-16(20)12-3-1-11(2-4-12)7-8-19/h1-6,10H,7-9,19H2. The van der Waals surface area contributed by atoms with E-state index in [1.807, 2.05) is 24.3 Å². The molecule has 0 atom stereocenters. The van der Waals surface area contributed by atoms with E-state index in [2.05, 4.69) is 0 Å². The molecule has 2 aromatic carbocycles. The molecule has 0 radical (unpaired) electrons. The average Bonchev–Trinajstić information content (AvgIpc) is 2.43. The molecule has 2 rings (SSSR count). The van der Waals surface area contributed by atoms with Crippen molar-refractivity contribution in [2.24, 2.45) is 5.73 Å². The van der Waals surface area contributed by atoms with Crippen LogP contribution < -0.4 is 5.73 Å². The zero-order chi connectivity index (χ0) is 14.5. The van der Waals surface area contributed by atoms with Gasteiger partial charge in [-0.05, 0) is 36.2 Å². The van der Waals surface area contributed by atoms with E-state index in [0.717, 1.165) is 17.5 Å². The van der Waals surface area contributed by atoms with Crippen LogP contribution in [-0.2, 0) is 12.8 Å². The molecule has 4 heteroatoms. The lowest BCUT2D eigenvalue weighted by Gasteiger charge is -2.05. The number of hydrogen-bond acceptors (Lipinski definition) is 2. The van der Waals surface area contributed by atoms with Gasteiger partial charge in [-0.15, -0.1) is 0 Å². The third kappa shape index (κ3) is 3.83. The summed E-state index contributed by atoms with van der Waals surface area (Å²) in [5.41, 5.74) is 8.09. The van der Waals surface area contributed by atoms with E-state index >= 15 is 0 Å². The van der Waals surface area contributed by atoms with E-state index in [0.29, 0.717) is 22.2 Å². The van der Waals surface area contributed by atoms with Crippen LogP contribution in [0, 0.1) is 0 Å². The minimum Gasteiger partial charge on any atom is -0.330 e. The summed E-state index contributed by atoms with van der Waals surface area (Å²) in [5.74, 6) is 0.0357. The molecule has 20 heavy (non-hydrogen) atoms. The maximum atomic E-state index is 12.2. The van der Waals surface area contributed by atoms with Gasteiger partial charge in [-0.2, -0.15) is 0 Å². The fraction of sp³-hybridized carbons (Fsp3) is 0.188. The van der Waals surface area contributed by atoms with Gasteiger partial charge in [0.05, 0.1) is 0 Å². The molecule has 0 heterocycles. The van der Waals surface area contributed by atoms with E-state index in [-0.39, 0.29) is 12.2 Å². The Morgan fingerprint density at radius 3 is 2.35 bits per heavy atom. The van der Waals surface area contributed by atoms with E-state index in [1.54, 1.807) is 18.2 Å². The van der Waals surface area contributed by atoms with Crippen molar-refractivity contribution < 1.29 is 4.79 Å². The normalized spacial score (nSPS) is 10.6. The number of carbonyl (C=O) groups is 1. The number of halogens is 2. The van der Waals surface area contributed by atoms with Crippen LogP contribution in [0.3, 0.4) is 0 Å². The highest BCUT2D eigenvalue weighted by Gasteiger charge is 2.10. The van der Waals surface area contributed by atoms with Gasteiger partial charge in [0.1, 0.15) is 0 Å². The molecule has 0 fully saturated rings. The highest BCUT2D eigenvalue weighted by molar-refractivity contribution is 6.35. The van der Waals surface area contributed by atoms with E-state index < -0.39 is 0 Å². The summed E-state index contributed by atoms with van der Waals surface area (Å²) in [6, 6.07) is 12.7. The first-order chi connectivity index (χ1) is 9.60. The summed E-state index contributed by atoms with van der Waals surface area (Å²) in [6.07, 6.45) is 1.09. The predicted molar refractivity (Wildman–Crippen MR) is 83.7 cm³/mol. The van der Waals surface area contributed by atoms with Crippen LogP contribution >= 0.6 is 23.2 Å². The SMILES string of the molecule is NCCc1ccc(C(=O)Cc2ccc(Cl)cc2Cl)cc1. The number of benzene rings is 2. The molecule has 2 aromatic rings. The summed E-state index contributed by atoms with van der Waals surface area (Å²) in [7, 11) is 0. The van der Waals surface area contributed by atoms with Crippen LogP contribution in [-0.4, -0.2) is 12.3 Å². The van der Waals surface area contributed by atoms with Crippen molar-refractivity contribution in [3.8, 4) is 0 Å². The summed E-state index contributed by atoms with van der Waals surface area (Å²) in [6.45, 7) is 0.605. The van der Waals surface area contributed by atoms with Crippen LogP contribution in [0.15, 0.2) is 42.5 Å². The predicted octanol–water partition coefficient (Wildman–Crippen LogP) is 3.92. The van der Waals surface area contributed by atoms with Crippen molar-refractivity contribution in [3.05, 3.63) is 69.2 Å². The quantitative estimate of drug-likeness (QED) is 0.851. The summed E-state index contributed by atoms with van der Waals surface area (Å²) in [4.78, 5) is 12.2. The number of hydrogen-bond donors (Lipinski definition) is 1. The Morgan fingerprint density at radius 2 is 1.75 bits per heavy atom. The largest absolute Gasteiger partial charge is 0.330 e. The molecule has 2 N–H and O–H groups in total. The lowest BCUT2D eigenvalue weighted by atomic mass is 10.0. The molecule has 0 aromatic heterocycles. The molecular weight excluding hydrogens is 293 g/mol. The van der Waals surface area contributed by atoms with Gasteiger partial charge >= 0.3 is 0 Å². The van der Waals surface area contributed by atoms with Gasteiger partial charge in [-0.1, -0.05) is 53.5 Å². The van der Waals surface area contributed by atoms with E-state index in [1.165, 1.54) is 0 Å². The Hall–Kier alpha value is -1.35. The van der Waals surface area contributed by atoms with Gasteiger partial charge in [-0.3, -0.25) is 4.79 Å². The minimum atomic E-state index is 0.0357. The zero-order valence-corrected chi connectivity index (χ0v) is 12.4. The number of nitrogens with two attached hydrogens (primary N) is 1. The molecule has 0 aliphatic heterocycles. The molecular formula is C16H15Cl2NO. The number of Topliss-reactive ketones (excluding diaryl/α,β-unsaturated/α-hetero) is 1. The van der Waals surface area contributed by atoms with Crippen LogP contribution in [0.25, 0.3) is 0 Å². The van der Waals surface area contributed by atoms with Crippen molar-refractivity contribution in [1.82, 2.24) is 0 Å². The average molecular weight is 308 g/mol. The fourth-order valence-corrected chi connectivity index (χ4v) is 2.44. The second kappa shape index (κ2) is 6.89. The molecule has 104 valence electrons. The zero-order valence-electron chi connectivity index (χ0n) is 10.9. The molecule has 0 aliphatic rings. The van der Waals surface area contributed by atoms with Gasteiger partial charge < -0.3 is 5.73 Å². The Kier molecular flexibility index (Phi) is 5.18. The summed E-state index contributed by atoms with van der Waals surface area (Å²) >= 11 is 11.9. The van der Waals surface area contributed by atoms with E-state index in [4.69, 9.17) is 28.9 Å². The first-order valence-electron chi connectivity index (χ1n) is 6.36. The third-order valence-electron chi connectivity index (χ3n) is 3.08. The minimum absolute atomic E-state index is 0.0357. The van der Waals surface area contributed by atoms with Gasteiger partial charge in [0, 0.05) is 22.0 Å². The smallest absolute Gasteiger partial charge is 0.167 e. The fourth-order valence-electron chi connectivity index (χ4n) is 1.96. The molecule has 0 saturated heterocycles. The van der Waals surface area contributed by atoms with Crippen LogP contribution in [0.5, 0.6) is 0 Å². The molecule has 0 unspecified atom stereocenters. The van der Waals surface area contributed by atoms with Crippen molar-refractivity contribution in [2.75, 3.05) is 6.54 Å². The maximum absolute atomic E-state index is 12.2. The second-order valence-electron chi connectivity index (χ2n) is 4.57. The molecule has 2 nitrogen and oxygen atoms in total. The number of carbonyl (C=O) groups excluding carboxylic acids is 1. The monoisotopic (exact) mass is 307 g/mol. The van der Waals surface area contributed by atoms with Crippen LogP contribution in [0.4, 0.5) is 0 Å². The Labute approximate surface area is 128 Å². The Bertz CT molecular complexity index is 608. The van der Waals surface area contributed by atoms with Gasteiger partial charge in [0.2, 0.25) is 0 Å². The number of ketones is 1. The highest BCUT2D eigenvalue weighted by Crippen LogP contribution is 2.22. The van der Waals surface area contributed by atoms with Gasteiger partial charge in [0.25, 0.3) is 0 Å². The van der Waals surface area contributed by atoms with Crippen LogP contribution in [0.1, 0.15) is 21.5 Å². The topological polar surface area (TPSA) is 43.1 Å². The van der Waals surface area contributed by atoms with Gasteiger partial charge in [-0.25, -0.2) is 0 Å². The third-order valence-corrected chi connectivity index (χ3v) is 3.66. The first kappa shape index (κ1) is 15.0. The maximum Gasteiger partial charge on any atom is 0.167 e. The lowest BCUT2D eigenvalue weighted by Crippen LogP contribution is -2.05. The molecule has 0 amide bonds. The summed E-state index contributed by atoms with van der Waals surface area (Å²) < 4.78 is 0. The molecule has 0 bridgehead atoms. The molecule has 0 aliphatic carbocycles. The van der Waals surface area contributed by atoms with Crippen molar-refractivity contribution >= 4 is 29.0 Å². The molecule has 0 spiro atoms. The van der Waals surface area contributed by atoms with Gasteiger partial charge in [0.15, 0.2) is 5.78 Å². The Morgan fingerprint density at radius 1 is 1.05 bits per heavy atom. The number of rotatable bonds is 5. The van der Waals surface area contributed by atoms with E-state index in [9.17, 15) is 4.79 Å². The first-order valence-corrected chi connectivity index (χ1v) is 7.12. The summed E-state index contributed by atoms with van der Waals surface area (Å²) in [5, 5.41) is 1.09. The molecule has 0 saturated carbocycles. The van der Waals surface area contributed by atoms with Crippen molar-refractivity contribution in [1.29, 1.82) is 0 Å². The lowest BCUT2D eigenvalue weighted by molar-refractivity contribution is 0.0993. The van der Waals surface area contributed by atoms with Crippen molar-refractivity contribution in [2.45, 2.75) is 12.8 Å². The highest BCUT2D eigenvalue weighted by atomic mass is 35.5.